The van der Waals surface area contributed by atoms with Crippen molar-refractivity contribution in [1.29, 1.82) is 0 Å². The molecule has 5 nitrogen and oxygen atoms in total. The van der Waals surface area contributed by atoms with E-state index in [0.717, 1.165) is 17.7 Å². The summed E-state index contributed by atoms with van der Waals surface area (Å²) in [5.41, 5.74) is 0. The molecule has 0 aromatic rings. The second kappa shape index (κ2) is 3.88. The van der Waals surface area contributed by atoms with Crippen molar-refractivity contribution in [3.05, 3.63) is 0 Å². The Morgan fingerprint density at radius 2 is 1.69 bits per heavy atom. The molecule has 0 unspecified atom stereocenters. The van der Waals surface area contributed by atoms with E-state index >= 15 is 0 Å². The lowest BCUT2D eigenvalue weighted by Gasteiger charge is -2.23. The number of rotatable bonds is 2. The molecular formula is C11H14NO4-. The van der Waals surface area contributed by atoms with Crippen LogP contribution < -0.4 is 5.11 Å². The average Bonchev–Trinajstić information content (AvgIpc) is 2.52. The molecule has 2 aliphatic rings. The number of fused-ring (bicyclic) bond motifs is 1. The lowest BCUT2D eigenvalue weighted by atomic mass is 9.81. The van der Waals surface area contributed by atoms with Crippen molar-refractivity contribution < 1.29 is 19.5 Å². The zero-order valence-electron chi connectivity index (χ0n) is 9.14. The minimum absolute atomic E-state index is 0.289. The van der Waals surface area contributed by atoms with Gasteiger partial charge in [0, 0.05) is 0 Å². The Hall–Kier alpha value is -1.39. The first-order valence-corrected chi connectivity index (χ1v) is 5.62. The van der Waals surface area contributed by atoms with Gasteiger partial charge < -0.3 is 9.90 Å². The summed E-state index contributed by atoms with van der Waals surface area (Å²) in [7, 11) is 0. The highest BCUT2D eigenvalue weighted by Crippen LogP contribution is 2.38. The quantitative estimate of drug-likeness (QED) is 0.581. The van der Waals surface area contributed by atoms with Gasteiger partial charge in [-0.15, -0.1) is 0 Å². The fraction of sp³-hybridized carbons (Fsp3) is 0.727. The number of aliphatic carboxylic acids is 1. The van der Waals surface area contributed by atoms with Gasteiger partial charge >= 0.3 is 0 Å². The Morgan fingerprint density at radius 1 is 1.25 bits per heavy atom. The Bertz CT molecular complexity index is 328. The molecule has 5 heteroatoms. The number of carbonyl (C=O) groups excluding carboxylic acids is 3. The number of likely N-dealkylation sites (tertiary alicyclic amines) is 1. The predicted octanol–water partition coefficient (Wildman–Crippen LogP) is -0.700. The number of nitrogens with zero attached hydrogens (tertiary/aromatic N) is 1. The Labute approximate surface area is 93.4 Å². The molecule has 2 rings (SSSR count). The van der Waals surface area contributed by atoms with Gasteiger partial charge in [-0.1, -0.05) is 12.8 Å². The molecule has 1 aliphatic carbocycles. The van der Waals surface area contributed by atoms with Crippen molar-refractivity contribution >= 4 is 17.8 Å². The van der Waals surface area contributed by atoms with Crippen LogP contribution in [0.4, 0.5) is 0 Å². The van der Waals surface area contributed by atoms with Gasteiger partial charge in [-0.25, -0.2) is 0 Å². The first kappa shape index (κ1) is 11.1. The van der Waals surface area contributed by atoms with Gasteiger partial charge in [0.1, 0.15) is 0 Å². The summed E-state index contributed by atoms with van der Waals surface area (Å²) in [6.07, 6.45) is 3.28. The number of imide groups is 1. The second-order valence-corrected chi connectivity index (χ2v) is 4.54. The molecule has 2 amide bonds. The smallest absolute Gasteiger partial charge is 0.233 e. The van der Waals surface area contributed by atoms with Crippen LogP contribution in [0.25, 0.3) is 0 Å². The minimum atomic E-state index is -1.37. The highest BCUT2D eigenvalue weighted by Gasteiger charge is 2.49. The third kappa shape index (κ3) is 1.50. The molecule has 0 N–H and O–H groups in total. The van der Waals surface area contributed by atoms with Gasteiger partial charge in [-0.2, -0.15) is 0 Å². The van der Waals surface area contributed by atoms with E-state index in [2.05, 4.69) is 0 Å². The van der Waals surface area contributed by atoms with Crippen molar-refractivity contribution in [2.45, 2.75) is 38.6 Å². The average molecular weight is 224 g/mol. The van der Waals surface area contributed by atoms with Gasteiger partial charge in [0.15, 0.2) is 0 Å². The number of amides is 2. The monoisotopic (exact) mass is 224 g/mol. The maximum atomic E-state index is 11.9. The Kier molecular flexibility index (Phi) is 2.69. The summed E-state index contributed by atoms with van der Waals surface area (Å²) in [5, 5.41) is 10.7. The Balaban J connectivity index is 2.25. The standard InChI is InChI=1S/C11H15NO4/c1-6(11(15)16)12-9(13)7-4-2-3-5-8(7)10(12)14/h6-8H,2-5H2,1H3,(H,15,16)/p-1/t6-,7-,8+/m1/s1. The molecule has 16 heavy (non-hydrogen) atoms. The predicted molar refractivity (Wildman–Crippen MR) is 51.8 cm³/mol. The molecule has 0 aromatic heterocycles. The fourth-order valence-corrected chi connectivity index (χ4v) is 2.68. The van der Waals surface area contributed by atoms with Crippen LogP contribution in [0.15, 0.2) is 0 Å². The van der Waals surface area contributed by atoms with Gasteiger partial charge in [0.2, 0.25) is 11.8 Å². The van der Waals surface area contributed by atoms with Crippen molar-refractivity contribution in [1.82, 2.24) is 4.90 Å². The van der Waals surface area contributed by atoms with Crippen molar-refractivity contribution in [2.75, 3.05) is 0 Å². The van der Waals surface area contributed by atoms with Crippen LogP contribution in [0.5, 0.6) is 0 Å². The van der Waals surface area contributed by atoms with Gasteiger partial charge in [-0.05, 0) is 19.8 Å². The Morgan fingerprint density at radius 3 is 2.06 bits per heavy atom. The van der Waals surface area contributed by atoms with Gasteiger partial charge in [-0.3, -0.25) is 14.5 Å². The molecule has 88 valence electrons. The molecule has 1 heterocycles. The second-order valence-electron chi connectivity index (χ2n) is 4.54. The van der Waals surface area contributed by atoms with E-state index in [1.54, 1.807) is 0 Å². The van der Waals surface area contributed by atoms with Crippen molar-refractivity contribution in [2.24, 2.45) is 11.8 Å². The van der Waals surface area contributed by atoms with Crippen LogP contribution in [-0.2, 0) is 14.4 Å². The van der Waals surface area contributed by atoms with E-state index in [4.69, 9.17) is 0 Å². The van der Waals surface area contributed by atoms with Crippen LogP contribution in [0.2, 0.25) is 0 Å². The molecule has 1 saturated heterocycles. The fourth-order valence-electron chi connectivity index (χ4n) is 2.68. The molecule has 0 spiro atoms. The summed E-state index contributed by atoms with van der Waals surface area (Å²) in [5.74, 6) is -2.61. The normalized spacial score (nSPS) is 31.4. The molecule has 0 radical (unpaired) electrons. The van der Waals surface area contributed by atoms with E-state index in [1.807, 2.05) is 0 Å². The summed E-state index contributed by atoms with van der Waals surface area (Å²) < 4.78 is 0. The van der Waals surface area contributed by atoms with Crippen LogP contribution in [0, 0.1) is 11.8 Å². The molecule has 0 bridgehead atoms. The van der Waals surface area contributed by atoms with E-state index in [0.29, 0.717) is 12.8 Å². The van der Waals surface area contributed by atoms with E-state index in [1.165, 1.54) is 6.92 Å². The topological polar surface area (TPSA) is 77.5 Å². The largest absolute Gasteiger partial charge is 0.548 e. The van der Waals surface area contributed by atoms with Crippen molar-refractivity contribution in [3.8, 4) is 0 Å². The van der Waals surface area contributed by atoms with Crippen LogP contribution in [0.1, 0.15) is 32.6 Å². The van der Waals surface area contributed by atoms with Gasteiger partial charge in [0.05, 0.1) is 23.8 Å². The minimum Gasteiger partial charge on any atom is -0.548 e. The van der Waals surface area contributed by atoms with E-state index < -0.39 is 12.0 Å². The maximum absolute atomic E-state index is 11.9. The number of hydrogen-bond donors (Lipinski definition) is 0. The SMILES string of the molecule is C[C@H](C(=O)[O-])N1C(=O)[C@H]2CCCC[C@H]2C1=O. The number of hydrogen-bond acceptors (Lipinski definition) is 4. The molecule has 1 aliphatic heterocycles. The zero-order valence-corrected chi connectivity index (χ0v) is 9.14. The molecular weight excluding hydrogens is 210 g/mol. The summed E-state index contributed by atoms with van der Waals surface area (Å²) >= 11 is 0. The number of carboxylic acids is 1. The summed E-state index contributed by atoms with van der Waals surface area (Å²) in [6, 6.07) is -1.15. The lowest BCUT2D eigenvalue weighted by molar-refractivity contribution is -0.310. The summed E-state index contributed by atoms with van der Waals surface area (Å²) in [4.78, 5) is 35.4. The first-order valence-electron chi connectivity index (χ1n) is 5.62. The molecule has 2 fully saturated rings. The number of carbonyl (C=O) groups is 3. The van der Waals surface area contributed by atoms with E-state index in [-0.39, 0.29) is 23.7 Å². The number of carboxylic acid groups (broad SMARTS) is 1. The van der Waals surface area contributed by atoms with Crippen LogP contribution in [0.3, 0.4) is 0 Å². The lowest BCUT2D eigenvalue weighted by Crippen LogP contribution is -2.49. The summed E-state index contributed by atoms with van der Waals surface area (Å²) in [6.45, 7) is 1.32. The van der Waals surface area contributed by atoms with Gasteiger partial charge in [0.25, 0.3) is 0 Å². The first-order chi connectivity index (χ1) is 7.54. The van der Waals surface area contributed by atoms with Crippen LogP contribution in [-0.4, -0.2) is 28.7 Å². The molecule has 1 saturated carbocycles. The highest BCUT2D eigenvalue weighted by molar-refractivity contribution is 6.07. The van der Waals surface area contributed by atoms with E-state index in [9.17, 15) is 19.5 Å². The molecule has 3 atom stereocenters. The zero-order chi connectivity index (χ0) is 11.9. The van der Waals surface area contributed by atoms with Crippen molar-refractivity contribution in [3.63, 3.8) is 0 Å². The van der Waals surface area contributed by atoms with Crippen LogP contribution >= 0.6 is 0 Å². The maximum Gasteiger partial charge on any atom is 0.233 e. The third-order valence-electron chi connectivity index (χ3n) is 3.60. The third-order valence-corrected chi connectivity index (χ3v) is 3.60. The highest BCUT2D eigenvalue weighted by atomic mass is 16.4. The molecule has 0 aromatic carbocycles.